The summed E-state index contributed by atoms with van der Waals surface area (Å²) in [4.78, 5) is 24.7. The summed E-state index contributed by atoms with van der Waals surface area (Å²) in [5, 5.41) is 6.36. The van der Waals surface area contributed by atoms with Gasteiger partial charge in [0.2, 0.25) is 0 Å². The lowest BCUT2D eigenvalue weighted by molar-refractivity contribution is 0.667. The number of para-hydroxylation sites is 1. The van der Waals surface area contributed by atoms with Gasteiger partial charge in [0.25, 0.3) is 0 Å². The lowest BCUT2D eigenvalue weighted by atomic mass is 9.93. The van der Waals surface area contributed by atoms with Crippen LogP contribution in [0.25, 0.3) is 100 Å². The first-order valence-corrected chi connectivity index (χ1v) is 16.8. The molecule has 0 spiro atoms. The van der Waals surface area contributed by atoms with Crippen LogP contribution in [0.1, 0.15) is 0 Å². The largest absolute Gasteiger partial charge is 0.454 e. The van der Waals surface area contributed by atoms with Crippen molar-refractivity contribution in [1.29, 1.82) is 0 Å². The van der Waals surface area contributed by atoms with Crippen LogP contribution < -0.4 is 0 Å². The molecular weight excluding hydrogens is 627 g/mol. The van der Waals surface area contributed by atoms with E-state index in [1.54, 1.807) is 6.20 Å². The fourth-order valence-corrected chi connectivity index (χ4v) is 6.91. The molecule has 238 valence electrons. The van der Waals surface area contributed by atoms with Crippen molar-refractivity contribution in [2.75, 3.05) is 0 Å². The quantitative estimate of drug-likeness (QED) is 0.184. The van der Waals surface area contributed by atoms with E-state index in [1.807, 2.05) is 85.1 Å². The number of aromatic nitrogens is 5. The Bertz CT molecular complexity index is 2860. The Hall–Kier alpha value is -7.05. The SMILES string of the molecule is c1ccc(-c2nc(-c3ccccc3)nc(-c3cc(-c4cccc5cnc(-c6cc7c(cn6)oc6ccccc67)cc45)cc4ccccc34)n2)cc1. The van der Waals surface area contributed by atoms with Gasteiger partial charge in [-0.2, -0.15) is 0 Å². The smallest absolute Gasteiger partial charge is 0.164 e. The summed E-state index contributed by atoms with van der Waals surface area (Å²) in [5.74, 6) is 1.88. The van der Waals surface area contributed by atoms with Crippen LogP contribution in [0.5, 0.6) is 0 Å². The maximum atomic E-state index is 6.04. The van der Waals surface area contributed by atoms with Gasteiger partial charge in [0.15, 0.2) is 23.1 Å². The number of nitrogens with zero attached hydrogens (tertiary/aromatic N) is 5. The number of furan rings is 1. The van der Waals surface area contributed by atoms with Gasteiger partial charge in [-0.05, 0) is 57.6 Å². The van der Waals surface area contributed by atoms with Crippen LogP contribution in [0.15, 0.2) is 168 Å². The van der Waals surface area contributed by atoms with Gasteiger partial charge >= 0.3 is 0 Å². The zero-order valence-electron chi connectivity index (χ0n) is 27.2. The van der Waals surface area contributed by atoms with E-state index in [0.717, 1.165) is 82.7 Å². The van der Waals surface area contributed by atoms with Crippen LogP contribution in [-0.2, 0) is 0 Å². The molecule has 6 nitrogen and oxygen atoms in total. The first kappa shape index (κ1) is 28.9. The van der Waals surface area contributed by atoms with Crippen molar-refractivity contribution in [3.63, 3.8) is 0 Å². The van der Waals surface area contributed by atoms with E-state index in [-0.39, 0.29) is 0 Å². The highest BCUT2D eigenvalue weighted by Crippen LogP contribution is 2.38. The molecule has 0 aliphatic rings. The third-order valence-corrected chi connectivity index (χ3v) is 9.40. The van der Waals surface area contributed by atoms with Crippen LogP contribution in [-0.4, -0.2) is 24.9 Å². The molecule has 0 aliphatic heterocycles. The maximum Gasteiger partial charge on any atom is 0.164 e. The second kappa shape index (κ2) is 11.8. The van der Waals surface area contributed by atoms with Crippen molar-refractivity contribution < 1.29 is 4.42 Å². The fourth-order valence-electron chi connectivity index (χ4n) is 6.91. The van der Waals surface area contributed by atoms with Gasteiger partial charge in [-0.15, -0.1) is 0 Å². The Labute approximate surface area is 292 Å². The molecule has 0 N–H and O–H groups in total. The molecule has 0 saturated heterocycles. The molecule has 0 atom stereocenters. The normalized spacial score (nSPS) is 11.5. The fraction of sp³-hybridized carbons (Fsp3) is 0. The third-order valence-electron chi connectivity index (χ3n) is 9.40. The van der Waals surface area contributed by atoms with Crippen molar-refractivity contribution in [2.24, 2.45) is 0 Å². The second-order valence-electron chi connectivity index (χ2n) is 12.5. The highest BCUT2D eigenvalue weighted by atomic mass is 16.3. The zero-order chi connectivity index (χ0) is 33.7. The minimum atomic E-state index is 0.619. The van der Waals surface area contributed by atoms with E-state index < -0.39 is 0 Å². The molecule has 4 aromatic heterocycles. The van der Waals surface area contributed by atoms with Crippen LogP contribution in [0.4, 0.5) is 0 Å². The molecule has 10 rings (SSSR count). The van der Waals surface area contributed by atoms with Gasteiger partial charge < -0.3 is 4.42 Å². The van der Waals surface area contributed by atoms with Crippen LogP contribution in [0.3, 0.4) is 0 Å². The van der Waals surface area contributed by atoms with Crippen molar-refractivity contribution in [2.45, 2.75) is 0 Å². The summed E-state index contributed by atoms with van der Waals surface area (Å²) in [7, 11) is 0. The minimum Gasteiger partial charge on any atom is -0.454 e. The molecule has 0 saturated carbocycles. The van der Waals surface area contributed by atoms with Gasteiger partial charge in [-0.1, -0.05) is 121 Å². The summed E-state index contributed by atoms with van der Waals surface area (Å²) in [6.45, 7) is 0. The summed E-state index contributed by atoms with van der Waals surface area (Å²) >= 11 is 0. The first-order chi connectivity index (χ1) is 25.2. The maximum absolute atomic E-state index is 6.04. The molecule has 0 amide bonds. The van der Waals surface area contributed by atoms with E-state index in [4.69, 9.17) is 29.3 Å². The molecule has 6 aromatic carbocycles. The molecule has 51 heavy (non-hydrogen) atoms. The average molecular weight is 654 g/mol. The van der Waals surface area contributed by atoms with Gasteiger partial charge in [-0.3, -0.25) is 9.97 Å². The van der Waals surface area contributed by atoms with Crippen molar-refractivity contribution in [3.8, 4) is 56.7 Å². The molecule has 0 radical (unpaired) electrons. The summed E-state index contributed by atoms with van der Waals surface area (Å²) in [6, 6.07) is 51.6. The minimum absolute atomic E-state index is 0.619. The number of fused-ring (bicyclic) bond motifs is 5. The van der Waals surface area contributed by atoms with Crippen LogP contribution >= 0.6 is 0 Å². The Morgan fingerprint density at radius 1 is 0.353 bits per heavy atom. The average Bonchev–Trinajstić information content (AvgIpc) is 3.58. The molecule has 0 bridgehead atoms. The highest BCUT2D eigenvalue weighted by molar-refractivity contribution is 6.07. The summed E-state index contributed by atoms with van der Waals surface area (Å²) < 4.78 is 6.04. The Kier molecular flexibility index (Phi) is 6.70. The lowest BCUT2D eigenvalue weighted by Crippen LogP contribution is -2.00. The summed E-state index contributed by atoms with van der Waals surface area (Å²) in [6.07, 6.45) is 3.72. The van der Waals surface area contributed by atoms with Crippen LogP contribution in [0, 0.1) is 0 Å². The molecule has 0 aliphatic carbocycles. The Balaban J connectivity index is 1.17. The molecule has 4 heterocycles. The standard InChI is InChI=1S/C45H27N5O/c1-3-12-28(13-4-1)43-48-44(29-14-5-2-6-15-29)50-45(49-43)38-23-32(22-30-16-7-8-18-33(30)38)34-20-11-17-31-26-46-39(24-36(31)34)40-25-37-35-19-9-10-21-41(35)51-42(37)27-47-40/h1-27H. The second-order valence-corrected chi connectivity index (χ2v) is 12.5. The van der Waals surface area contributed by atoms with Crippen molar-refractivity contribution in [1.82, 2.24) is 24.9 Å². The van der Waals surface area contributed by atoms with E-state index in [2.05, 4.69) is 72.8 Å². The van der Waals surface area contributed by atoms with E-state index in [0.29, 0.717) is 17.5 Å². The van der Waals surface area contributed by atoms with Gasteiger partial charge in [0.05, 0.1) is 17.6 Å². The molecular formula is C45H27N5O. The number of hydrogen-bond donors (Lipinski definition) is 0. The van der Waals surface area contributed by atoms with E-state index >= 15 is 0 Å². The number of benzene rings is 6. The van der Waals surface area contributed by atoms with E-state index in [1.165, 1.54) is 0 Å². The molecule has 10 aromatic rings. The summed E-state index contributed by atoms with van der Waals surface area (Å²) in [5.41, 5.74) is 8.12. The number of hydrogen-bond acceptors (Lipinski definition) is 6. The molecule has 0 unspecified atom stereocenters. The lowest BCUT2D eigenvalue weighted by Gasteiger charge is -2.14. The first-order valence-electron chi connectivity index (χ1n) is 16.8. The molecule has 0 fully saturated rings. The van der Waals surface area contributed by atoms with Crippen LogP contribution in [0.2, 0.25) is 0 Å². The van der Waals surface area contributed by atoms with Crippen molar-refractivity contribution >= 4 is 43.5 Å². The Morgan fingerprint density at radius 3 is 1.73 bits per heavy atom. The topological polar surface area (TPSA) is 77.6 Å². The number of pyridine rings is 2. The monoisotopic (exact) mass is 653 g/mol. The third kappa shape index (κ3) is 5.09. The van der Waals surface area contributed by atoms with Gasteiger partial charge in [0, 0.05) is 39.0 Å². The Morgan fingerprint density at radius 2 is 0.961 bits per heavy atom. The highest BCUT2D eigenvalue weighted by Gasteiger charge is 2.17. The zero-order valence-corrected chi connectivity index (χ0v) is 27.2. The molecule has 6 heteroatoms. The van der Waals surface area contributed by atoms with Gasteiger partial charge in [-0.25, -0.2) is 15.0 Å². The predicted octanol–water partition coefficient (Wildman–Crippen LogP) is 11.2. The predicted molar refractivity (Wildman–Crippen MR) is 205 cm³/mol. The van der Waals surface area contributed by atoms with E-state index in [9.17, 15) is 0 Å². The number of rotatable bonds is 5. The van der Waals surface area contributed by atoms with Crippen molar-refractivity contribution in [3.05, 3.63) is 164 Å². The van der Waals surface area contributed by atoms with Gasteiger partial charge in [0.1, 0.15) is 5.58 Å².